The molecule has 22 heavy (non-hydrogen) atoms. The highest BCUT2D eigenvalue weighted by Crippen LogP contribution is 2.30. The molecular formula is C14H11Cl3N2O2S. The molecule has 0 saturated heterocycles. The van der Waals surface area contributed by atoms with Gasteiger partial charge in [-0.1, -0.05) is 71.2 Å². The van der Waals surface area contributed by atoms with Gasteiger partial charge in [0, 0.05) is 5.69 Å². The van der Waals surface area contributed by atoms with Crippen molar-refractivity contribution in [3.63, 3.8) is 0 Å². The number of rotatable bonds is 3. The number of alkyl halides is 3. The molecule has 8 heteroatoms. The van der Waals surface area contributed by atoms with Crippen molar-refractivity contribution in [2.24, 2.45) is 4.40 Å². The van der Waals surface area contributed by atoms with E-state index in [0.29, 0.717) is 5.69 Å². The van der Waals surface area contributed by atoms with Crippen molar-refractivity contribution >= 4 is 56.3 Å². The van der Waals surface area contributed by atoms with Gasteiger partial charge >= 0.3 is 0 Å². The molecular weight excluding hydrogens is 367 g/mol. The Morgan fingerprint density at radius 3 is 1.91 bits per heavy atom. The van der Waals surface area contributed by atoms with Crippen LogP contribution in [0.4, 0.5) is 5.69 Å². The monoisotopic (exact) mass is 376 g/mol. The van der Waals surface area contributed by atoms with Crippen LogP contribution < -0.4 is 5.32 Å². The Kier molecular flexibility index (Phi) is 5.34. The molecule has 0 fully saturated rings. The van der Waals surface area contributed by atoms with E-state index in [1.54, 1.807) is 48.5 Å². The van der Waals surface area contributed by atoms with Gasteiger partial charge in [-0.3, -0.25) is 0 Å². The number of hydrogen-bond acceptors (Lipinski definition) is 2. The van der Waals surface area contributed by atoms with E-state index in [2.05, 4.69) is 9.71 Å². The number of nitrogens with one attached hydrogen (secondary N) is 1. The molecule has 0 aromatic heterocycles. The lowest BCUT2D eigenvalue weighted by atomic mass is 10.3. The molecule has 0 aliphatic heterocycles. The van der Waals surface area contributed by atoms with Gasteiger partial charge in [-0.05, 0) is 24.3 Å². The maximum Gasteiger partial charge on any atom is 0.284 e. The zero-order chi connectivity index (χ0) is 16.2. The fourth-order valence-electron chi connectivity index (χ4n) is 1.57. The molecule has 0 spiro atoms. The van der Waals surface area contributed by atoms with Gasteiger partial charge in [0.25, 0.3) is 10.0 Å². The number of nitrogens with zero attached hydrogens (tertiary/aromatic N) is 1. The minimum absolute atomic E-state index is 0.0108. The zero-order valence-electron chi connectivity index (χ0n) is 11.1. The lowest BCUT2D eigenvalue weighted by Gasteiger charge is -2.16. The molecule has 0 radical (unpaired) electrons. The third kappa shape index (κ3) is 4.61. The molecule has 2 aromatic carbocycles. The maximum absolute atomic E-state index is 12.3. The van der Waals surface area contributed by atoms with E-state index in [1.165, 1.54) is 12.1 Å². The molecule has 4 nitrogen and oxygen atoms in total. The third-order valence-corrected chi connectivity index (χ3v) is 4.39. The standard InChI is InChI=1S/C14H11Cl3N2O2S/c15-14(16,17)13(18-11-7-3-1-4-8-11)19-22(20,21)12-9-5-2-6-10-12/h1-10H,(H,18,19). The van der Waals surface area contributed by atoms with E-state index < -0.39 is 13.8 Å². The van der Waals surface area contributed by atoms with E-state index in [9.17, 15) is 8.42 Å². The summed E-state index contributed by atoms with van der Waals surface area (Å²) < 4.78 is 26.2. The van der Waals surface area contributed by atoms with Crippen molar-refractivity contribution in [3.05, 3.63) is 60.7 Å². The molecule has 0 unspecified atom stereocenters. The summed E-state index contributed by atoms with van der Waals surface area (Å²) in [5.74, 6) is -0.299. The van der Waals surface area contributed by atoms with Crippen LogP contribution in [0.3, 0.4) is 0 Å². The van der Waals surface area contributed by atoms with Crippen LogP contribution >= 0.6 is 34.8 Å². The molecule has 0 amide bonds. The summed E-state index contributed by atoms with van der Waals surface area (Å²) in [6.45, 7) is 0. The molecule has 0 aliphatic carbocycles. The van der Waals surface area contributed by atoms with Crippen LogP contribution in [0.2, 0.25) is 0 Å². The number of halogens is 3. The second-order valence-corrected chi connectivity index (χ2v) is 8.10. The van der Waals surface area contributed by atoms with Crippen LogP contribution in [0, 0.1) is 0 Å². The quantitative estimate of drug-likeness (QED) is 0.494. The van der Waals surface area contributed by atoms with Gasteiger partial charge in [0.1, 0.15) is 0 Å². The Labute approximate surface area is 143 Å². The fraction of sp³-hybridized carbons (Fsp3) is 0.0714. The number of para-hydroxylation sites is 1. The lowest BCUT2D eigenvalue weighted by molar-refractivity contribution is 0.598. The van der Waals surface area contributed by atoms with E-state index in [4.69, 9.17) is 34.8 Å². The molecule has 2 aromatic rings. The summed E-state index contributed by atoms with van der Waals surface area (Å²) >= 11 is 17.4. The van der Waals surface area contributed by atoms with Crippen LogP contribution in [0.1, 0.15) is 0 Å². The van der Waals surface area contributed by atoms with Crippen molar-refractivity contribution in [1.29, 1.82) is 0 Å². The molecule has 0 heterocycles. The lowest BCUT2D eigenvalue weighted by Crippen LogP contribution is -2.28. The average Bonchev–Trinajstić information content (AvgIpc) is 2.47. The SMILES string of the molecule is O=S(=O)(/N=C(/Nc1ccccc1)C(Cl)(Cl)Cl)c1ccccc1. The Morgan fingerprint density at radius 1 is 0.909 bits per heavy atom. The second-order valence-electron chi connectivity index (χ2n) is 4.22. The van der Waals surface area contributed by atoms with E-state index in [0.717, 1.165) is 0 Å². The number of anilines is 1. The van der Waals surface area contributed by atoms with Crippen LogP contribution in [0.15, 0.2) is 70.0 Å². The normalized spacial score (nSPS) is 13.0. The highest BCUT2D eigenvalue weighted by molar-refractivity contribution is 7.90. The number of hydrogen-bond donors (Lipinski definition) is 1. The average molecular weight is 378 g/mol. The summed E-state index contributed by atoms with van der Waals surface area (Å²) in [5, 5.41) is 2.72. The smallest absolute Gasteiger partial charge is 0.284 e. The molecule has 2 rings (SSSR count). The van der Waals surface area contributed by atoms with Crippen LogP contribution in [-0.2, 0) is 10.0 Å². The van der Waals surface area contributed by atoms with Crippen molar-refractivity contribution in [2.75, 3.05) is 5.32 Å². The highest BCUT2D eigenvalue weighted by Gasteiger charge is 2.31. The maximum atomic E-state index is 12.3. The summed E-state index contributed by atoms with van der Waals surface area (Å²) in [6, 6.07) is 16.4. The highest BCUT2D eigenvalue weighted by atomic mass is 35.6. The molecule has 0 aliphatic rings. The van der Waals surface area contributed by atoms with Crippen molar-refractivity contribution in [1.82, 2.24) is 0 Å². The Hall–Kier alpha value is -1.27. The Balaban J connectivity index is 2.42. The van der Waals surface area contributed by atoms with Gasteiger partial charge < -0.3 is 5.32 Å². The minimum atomic E-state index is -3.99. The number of sulfonamides is 1. The van der Waals surface area contributed by atoms with Gasteiger partial charge in [-0.25, -0.2) is 0 Å². The van der Waals surface area contributed by atoms with Crippen molar-refractivity contribution in [2.45, 2.75) is 8.69 Å². The molecule has 0 saturated carbocycles. The van der Waals surface area contributed by atoms with Gasteiger partial charge in [0.15, 0.2) is 5.84 Å². The zero-order valence-corrected chi connectivity index (χ0v) is 14.2. The first-order valence-corrected chi connectivity index (χ1v) is 8.66. The molecule has 0 bridgehead atoms. The number of amidine groups is 1. The third-order valence-electron chi connectivity index (χ3n) is 2.56. The summed E-state index contributed by atoms with van der Waals surface area (Å²) in [7, 11) is -3.99. The Morgan fingerprint density at radius 2 is 1.41 bits per heavy atom. The predicted octanol–water partition coefficient (Wildman–Crippen LogP) is 4.26. The van der Waals surface area contributed by atoms with E-state index in [-0.39, 0.29) is 10.7 Å². The fourth-order valence-corrected chi connectivity index (χ4v) is 3.02. The van der Waals surface area contributed by atoms with Crippen LogP contribution in [0.25, 0.3) is 0 Å². The summed E-state index contributed by atoms with van der Waals surface area (Å²) in [5.41, 5.74) is 0.552. The number of benzene rings is 2. The molecule has 0 atom stereocenters. The van der Waals surface area contributed by atoms with Gasteiger partial charge in [-0.2, -0.15) is 8.42 Å². The molecule has 116 valence electrons. The second kappa shape index (κ2) is 6.87. The van der Waals surface area contributed by atoms with Crippen LogP contribution in [0.5, 0.6) is 0 Å². The Bertz CT molecular complexity index is 758. The first-order chi connectivity index (χ1) is 10.3. The first kappa shape index (κ1) is 17.1. The van der Waals surface area contributed by atoms with Crippen molar-refractivity contribution < 1.29 is 8.42 Å². The van der Waals surface area contributed by atoms with Crippen LogP contribution in [-0.4, -0.2) is 18.0 Å². The summed E-state index contributed by atoms with van der Waals surface area (Å²) in [6.07, 6.45) is 0. The largest absolute Gasteiger partial charge is 0.339 e. The summed E-state index contributed by atoms with van der Waals surface area (Å²) in [4.78, 5) is 0.0108. The van der Waals surface area contributed by atoms with Gasteiger partial charge in [0.2, 0.25) is 3.79 Å². The van der Waals surface area contributed by atoms with E-state index >= 15 is 0 Å². The van der Waals surface area contributed by atoms with Gasteiger partial charge in [0.05, 0.1) is 4.90 Å². The van der Waals surface area contributed by atoms with E-state index in [1.807, 2.05) is 0 Å². The molecule has 1 N–H and O–H groups in total. The van der Waals surface area contributed by atoms with Gasteiger partial charge in [-0.15, -0.1) is 4.40 Å². The predicted molar refractivity (Wildman–Crippen MR) is 91.4 cm³/mol. The van der Waals surface area contributed by atoms with Crippen molar-refractivity contribution in [3.8, 4) is 0 Å². The topological polar surface area (TPSA) is 58.5 Å². The minimum Gasteiger partial charge on any atom is -0.339 e. The first-order valence-electron chi connectivity index (χ1n) is 6.08.